The van der Waals surface area contributed by atoms with E-state index in [9.17, 15) is 4.79 Å². The molecule has 0 radical (unpaired) electrons. The third-order valence-corrected chi connectivity index (χ3v) is 1.60. The number of carbonyl (C=O) groups excluding carboxylic acids is 1. The Balaban J connectivity index is 3.32. The first kappa shape index (κ1) is 13.6. The van der Waals surface area contributed by atoms with E-state index in [1.807, 2.05) is 0 Å². The van der Waals surface area contributed by atoms with Crippen molar-refractivity contribution in [3.05, 3.63) is 12.3 Å². The first-order valence-electron chi connectivity index (χ1n) is 4.90. The van der Waals surface area contributed by atoms with E-state index in [0.717, 1.165) is 19.6 Å². The maximum Gasteiger partial charge on any atom is 0.223 e. The Morgan fingerprint density at radius 2 is 2.33 bits per heavy atom. The summed E-state index contributed by atoms with van der Waals surface area (Å²) in [4.78, 5) is 14.9. The molecule has 5 nitrogen and oxygen atoms in total. The van der Waals surface area contributed by atoms with E-state index in [-0.39, 0.29) is 5.91 Å². The van der Waals surface area contributed by atoms with Crippen LogP contribution in [0.5, 0.6) is 0 Å². The van der Waals surface area contributed by atoms with Gasteiger partial charge in [0, 0.05) is 33.7 Å². The highest BCUT2D eigenvalue weighted by atomic mass is 16.5. The molecule has 1 amide bonds. The Morgan fingerprint density at radius 3 is 3.00 bits per heavy atom. The molecule has 0 aromatic heterocycles. The summed E-state index contributed by atoms with van der Waals surface area (Å²) in [6.07, 6.45) is 6.32. The maximum absolute atomic E-state index is 10.8. The summed E-state index contributed by atoms with van der Waals surface area (Å²) in [5.41, 5.74) is 0. The van der Waals surface area contributed by atoms with Gasteiger partial charge in [-0.1, -0.05) is 6.08 Å². The minimum atomic E-state index is -0.00918. The van der Waals surface area contributed by atoms with Gasteiger partial charge in [-0.3, -0.25) is 9.79 Å². The highest BCUT2D eigenvalue weighted by molar-refractivity contribution is 5.77. The van der Waals surface area contributed by atoms with Crippen molar-refractivity contribution in [2.24, 2.45) is 4.99 Å². The van der Waals surface area contributed by atoms with Crippen LogP contribution in [0.15, 0.2) is 17.3 Å². The van der Waals surface area contributed by atoms with Gasteiger partial charge < -0.3 is 15.4 Å². The number of nitrogens with one attached hydrogen (secondary N) is 2. The van der Waals surface area contributed by atoms with E-state index in [1.54, 1.807) is 32.8 Å². The molecule has 0 aromatic rings. The second-order valence-electron chi connectivity index (χ2n) is 2.83. The van der Waals surface area contributed by atoms with Crippen molar-refractivity contribution in [3.63, 3.8) is 0 Å². The fourth-order valence-electron chi connectivity index (χ4n) is 0.797. The molecule has 5 heteroatoms. The van der Waals surface area contributed by atoms with E-state index in [0.29, 0.717) is 6.42 Å². The lowest BCUT2D eigenvalue weighted by Crippen LogP contribution is -2.16. The molecule has 0 bridgehead atoms. The number of aliphatic imine (C=N–C) groups is 1. The van der Waals surface area contributed by atoms with Gasteiger partial charge >= 0.3 is 0 Å². The van der Waals surface area contributed by atoms with Crippen LogP contribution in [0.1, 0.15) is 12.8 Å². The first-order valence-corrected chi connectivity index (χ1v) is 4.90. The van der Waals surface area contributed by atoms with Crippen molar-refractivity contribution in [1.29, 1.82) is 0 Å². The number of nitrogens with zero attached hydrogens (tertiary/aromatic N) is 1. The zero-order chi connectivity index (χ0) is 11.4. The SMILES string of the molecule is CNC(=O)C/C=C\NC=NCCCOC. The summed E-state index contributed by atoms with van der Waals surface area (Å²) in [6, 6.07) is 0. The van der Waals surface area contributed by atoms with Crippen LogP contribution in [0.4, 0.5) is 0 Å². The maximum atomic E-state index is 10.8. The molecule has 0 atom stereocenters. The summed E-state index contributed by atoms with van der Waals surface area (Å²) in [6.45, 7) is 1.47. The Kier molecular flexibility index (Phi) is 9.75. The van der Waals surface area contributed by atoms with Gasteiger partial charge in [0.1, 0.15) is 0 Å². The van der Waals surface area contributed by atoms with Crippen molar-refractivity contribution in [3.8, 4) is 0 Å². The second kappa shape index (κ2) is 10.7. The summed E-state index contributed by atoms with van der Waals surface area (Å²) >= 11 is 0. The van der Waals surface area contributed by atoms with Crippen LogP contribution in [0.2, 0.25) is 0 Å². The molecular formula is C10H19N3O2. The minimum Gasteiger partial charge on any atom is -0.385 e. The van der Waals surface area contributed by atoms with Gasteiger partial charge in [0.25, 0.3) is 0 Å². The third-order valence-electron chi connectivity index (χ3n) is 1.60. The first-order chi connectivity index (χ1) is 7.31. The van der Waals surface area contributed by atoms with Gasteiger partial charge in [0.15, 0.2) is 0 Å². The molecule has 0 spiro atoms. The molecule has 0 unspecified atom stereocenters. The Labute approximate surface area is 90.6 Å². The topological polar surface area (TPSA) is 62.7 Å². The monoisotopic (exact) mass is 213 g/mol. The second-order valence-corrected chi connectivity index (χ2v) is 2.83. The highest BCUT2D eigenvalue weighted by Gasteiger charge is 1.89. The third kappa shape index (κ3) is 10.6. The normalized spacial score (nSPS) is 11.1. The van der Waals surface area contributed by atoms with Gasteiger partial charge in [-0.05, 0) is 12.6 Å². The number of methoxy groups -OCH3 is 1. The number of ether oxygens (including phenoxy) is 1. The standard InChI is InChI=1S/C10H19N3O2/c1-11-10(14)5-3-6-12-9-13-7-4-8-15-2/h3,6,9H,4-5,7-8H2,1-2H3,(H,11,14)(H,12,13)/b6-3-. The molecule has 2 N–H and O–H groups in total. The largest absolute Gasteiger partial charge is 0.385 e. The van der Waals surface area contributed by atoms with E-state index in [2.05, 4.69) is 15.6 Å². The summed E-state index contributed by atoms with van der Waals surface area (Å²) in [5.74, 6) is -0.00918. The number of rotatable bonds is 8. The molecule has 0 saturated heterocycles. The average Bonchev–Trinajstić information content (AvgIpc) is 2.26. The van der Waals surface area contributed by atoms with Crippen molar-refractivity contribution >= 4 is 12.2 Å². The van der Waals surface area contributed by atoms with E-state index < -0.39 is 0 Å². The van der Waals surface area contributed by atoms with Crippen LogP contribution in [0.25, 0.3) is 0 Å². The lowest BCUT2D eigenvalue weighted by atomic mass is 10.4. The fourth-order valence-corrected chi connectivity index (χ4v) is 0.797. The predicted octanol–water partition coefficient (Wildman–Crippen LogP) is 0.291. The quantitative estimate of drug-likeness (QED) is 0.346. The number of amides is 1. The van der Waals surface area contributed by atoms with E-state index >= 15 is 0 Å². The van der Waals surface area contributed by atoms with Crippen LogP contribution >= 0.6 is 0 Å². The van der Waals surface area contributed by atoms with E-state index in [4.69, 9.17) is 4.74 Å². The van der Waals surface area contributed by atoms with Crippen molar-refractivity contribution in [1.82, 2.24) is 10.6 Å². The Bertz CT molecular complexity index is 215. The molecule has 0 saturated carbocycles. The van der Waals surface area contributed by atoms with Crippen molar-refractivity contribution in [2.45, 2.75) is 12.8 Å². The summed E-state index contributed by atoms with van der Waals surface area (Å²) in [7, 11) is 3.28. The molecule has 0 fully saturated rings. The Hall–Kier alpha value is -1.36. The van der Waals surface area contributed by atoms with Gasteiger partial charge in [-0.25, -0.2) is 0 Å². The molecule has 0 aliphatic carbocycles. The van der Waals surface area contributed by atoms with Crippen LogP contribution in [-0.2, 0) is 9.53 Å². The number of carbonyl (C=O) groups is 1. The molecule has 0 aromatic carbocycles. The molecular weight excluding hydrogens is 194 g/mol. The van der Waals surface area contributed by atoms with Gasteiger partial charge in [0.2, 0.25) is 5.91 Å². The van der Waals surface area contributed by atoms with Crippen LogP contribution in [-0.4, -0.2) is 39.6 Å². The summed E-state index contributed by atoms with van der Waals surface area (Å²) in [5, 5.41) is 5.37. The van der Waals surface area contributed by atoms with Crippen molar-refractivity contribution < 1.29 is 9.53 Å². The molecule has 86 valence electrons. The zero-order valence-electron chi connectivity index (χ0n) is 9.32. The number of hydrogen-bond donors (Lipinski definition) is 2. The van der Waals surface area contributed by atoms with Crippen LogP contribution in [0, 0.1) is 0 Å². The van der Waals surface area contributed by atoms with Crippen molar-refractivity contribution in [2.75, 3.05) is 27.3 Å². The molecule has 0 rings (SSSR count). The van der Waals surface area contributed by atoms with E-state index in [1.165, 1.54) is 0 Å². The molecule has 0 aliphatic rings. The Morgan fingerprint density at radius 1 is 1.53 bits per heavy atom. The molecule has 0 heterocycles. The fraction of sp³-hybridized carbons (Fsp3) is 0.600. The summed E-state index contributed by atoms with van der Waals surface area (Å²) < 4.78 is 4.87. The van der Waals surface area contributed by atoms with Gasteiger partial charge in [-0.2, -0.15) is 0 Å². The molecule has 15 heavy (non-hydrogen) atoms. The molecule has 0 aliphatic heterocycles. The lowest BCUT2D eigenvalue weighted by Gasteiger charge is -1.94. The average molecular weight is 213 g/mol. The van der Waals surface area contributed by atoms with Gasteiger partial charge in [-0.15, -0.1) is 0 Å². The highest BCUT2D eigenvalue weighted by Crippen LogP contribution is 1.81. The predicted molar refractivity (Wildman–Crippen MR) is 60.8 cm³/mol. The lowest BCUT2D eigenvalue weighted by molar-refractivity contribution is -0.119. The number of hydrogen-bond acceptors (Lipinski definition) is 3. The van der Waals surface area contributed by atoms with Gasteiger partial charge in [0.05, 0.1) is 6.34 Å². The van der Waals surface area contributed by atoms with Crippen LogP contribution < -0.4 is 10.6 Å². The smallest absolute Gasteiger partial charge is 0.223 e. The minimum absolute atomic E-state index is 0.00918. The van der Waals surface area contributed by atoms with Crippen LogP contribution in [0.3, 0.4) is 0 Å². The zero-order valence-corrected chi connectivity index (χ0v) is 9.32.